The molecule has 0 fully saturated rings. The zero-order chi connectivity index (χ0) is 18.8. The second-order valence-corrected chi connectivity index (χ2v) is 7.26. The van der Waals surface area contributed by atoms with Crippen molar-refractivity contribution >= 4 is 33.3 Å². The normalized spacial score (nSPS) is 11.2. The molecule has 0 spiro atoms. The van der Waals surface area contributed by atoms with Crippen LogP contribution in [0.3, 0.4) is 0 Å². The van der Waals surface area contributed by atoms with Crippen LogP contribution in [-0.4, -0.2) is 25.8 Å². The van der Waals surface area contributed by atoms with Gasteiger partial charge < -0.3 is 9.67 Å². The molecule has 26 heavy (non-hydrogen) atoms. The number of benzene rings is 1. The lowest BCUT2D eigenvalue weighted by atomic mass is 10.1. The van der Waals surface area contributed by atoms with Crippen LogP contribution >= 0.6 is 11.3 Å². The van der Waals surface area contributed by atoms with Crippen LogP contribution in [0, 0.1) is 0 Å². The van der Waals surface area contributed by atoms with Crippen LogP contribution in [0.4, 0.5) is 5.13 Å². The van der Waals surface area contributed by atoms with Gasteiger partial charge >= 0.3 is 0 Å². The van der Waals surface area contributed by atoms with Crippen molar-refractivity contribution in [1.29, 1.82) is 0 Å². The molecule has 136 valence electrons. The van der Waals surface area contributed by atoms with Gasteiger partial charge in [-0.1, -0.05) is 44.2 Å². The fourth-order valence-electron chi connectivity index (χ4n) is 2.72. The predicted molar refractivity (Wildman–Crippen MR) is 102 cm³/mol. The van der Waals surface area contributed by atoms with Gasteiger partial charge in [-0.15, -0.1) is 10.2 Å². The van der Waals surface area contributed by atoms with Crippen molar-refractivity contribution in [2.24, 2.45) is 0 Å². The predicted octanol–water partition coefficient (Wildman–Crippen LogP) is 3.34. The Balaban J connectivity index is 2.08. The summed E-state index contributed by atoms with van der Waals surface area (Å²) in [5.41, 5.74) is -0.195. The second-order valence-electron chi connectivity index (χ2n) is 6.25. The van der Waals surface area contributed by atoms with Crippen LogP contribution in [-0.2, 0) is 6.54 Å². The van der Waals surface area contributed by atoms with Crippen molar-refractivity contribution in [2.45, 2.75) is 39.7 Å². The standard InChI is InChI=1S/C18H20N4O3S/c1-4-9-22-12-8-6-5-7-11(12)14(23)13(17(22)25)15(24)19-18-21-20-16(26-18)10(2)3/h5-8,10,23H,4,9H2,1-3H3,(H,19,21,24). The van der Waals surface area contributed by atoms with Gasteiger partial charge in [-0.25, -0.2) is 0 Å². The Morgan fingerprint density at radius 1 is 1.31 bits per heavy atom. The highest BCUT2D eigenvalue weighted by Crippen LogP contribution is 2.28. The molecule has 0 saturated carbocycles. The summed E-state index contributed by atoms with van der Waals surface area (Å²) in [7, 11) is 0. The Bertz CT molecular complexity index is 1020. The largest absolute Gasteiger partial charge is 0.506 e. The van der Waals surface area contributed by atoms with Crippen LogP contribution in [0.25, 0.3) is 10.9 Å². The minimum Gasteiger partial charge on any atom is -0.506 e. The fraction of sp³-hybridized carbons (Fsp3) is 0.333. The Labute approximate surface area is 154 Å². The molecule has 7 nitrogen and oxygen atoms in total. The van der Waals surface area contributed by atoms with E-state index in [4.69, 9.17) is 0 Å². The SMILES string of the molecule is CCCn1c(=O)c(C(=O)Nc2nnc(C(C)C)s2)c(O)c2ccccc21. The molecule has 1 aromatic carbocycles. The molecular formula is C18H20N4O3S. The number of aryl methyl sites for hydroxylation is 1. The average Bonchev–Trinajstić information content (AvgIpc) is 3.07. The highest BCUT2D eigenvalue weighted by Gasteiger charge is 2.23. The summed E-state index contributed by atoms with van der Waals surface area (Å²) in [6.07, 6.45) is 0.726. The second kappa shape index (κ2) is 7.25. The summed E-state index contributed by atoms with van der Waals surface area (Å²) in [5, 5.41) is 22.6. The maximum atomic E-state index is 12.8. The third kappa shape index (κ3) is 3.20. The molecule has 0 radical (unpaired) electrons. The van der Waals surface area contributed by atoms with E-state index < -0.39 is 11.5 Å². The number of amides is 1. The number of carbonyl (C=O) groups excluding carboxylic acids is 1. The third-order valence-corrected chi connectivity index (χ3v) is 5.11. The van der Waals surface area contributed by atoms with Crippen molar-refractivity contribution in [3.63, 3.8) is 0 Å². The van der Waals surface area contributed by atoms with E-state index in [1.54, 1.807) is 24.3 Å². The molecule has 0 unspecified atom stereocenters. The first-order valence-electron chi connectivity index (χ1n) is 8.43. The molecule has 2 aromatic heterocycles. The number of carbonyl (C=O) groups is 1. The van der Waals surface area contributed by atoms with Gasteiger partial charge in [-0.05, 0) is 18.6 Å². The van der Waals surface area contributed by atoms with Crippen LogP contribution < -0.4 is 10.9 Å². The number of fused-ring (bicyclic) bond motifs is 1. The van der Waals surface area contributed by atoms with Crippen molar-refractivity contribution in [3.05, 3.63) is 45.2 Å². The molecule has 0 saturated heterocycles. The van der Waals surface area contributed by atoms with Gasteiger partial charge in [0.1, 0.15) is 16.3 Å². The van der Waals surface area contributed by atoms with Gasteiger partial charge in [0.05, 0.1) is 5.52 Å². The number of aromatic nitrogens is 3. The number of aromatic hydroxyl groups is 1. The number of hydrogen-bond acceptors (Lipinski definition) is 6. The van der Waals surface area contributed by atoms with Gasteiger partial charge in [-0.3, -0.25) is 14.9 Å². The number of para-hydroxylation sites is 1. The van der Waals surface area contributed by atoms with E-state index in [9.17, 15) is 14.7 Å². The lowest BCUT2D eigenvalue weighted by Gasteiger charge is -2.13. The first-order chi connectivity index (χ1) is 12.4. The molecule has 0 aliphatic rings. The zero-order valence-electron chi connectivity index (χ0n) is 14.8. The van der Waals surface area contributed by atoms with Gasteiger partial charge in [0.2, 0.25) is 5.13 Å². The first kappa shape index (κ1) is 18.1. The van der Waals surface area contributed by atoms with Crippen molar-refractivity contribution < 1.29 is 9.90 Å². The van der Waals surface area contributed by atoms with Gasteiger partial charge in [-0.2, -0.15) is 0 Å². The fourth-order valence-corrected chi connectivity index (χ4v) is 3.46. The Kier molecular flexibility index (Phi) is 5.03. The monoisotopic (exact) mass is 372 g/mol. The summed E-state index contributed by atoms with van der Waals surface area (Å²) >= 11 is 1.25. The molecule has 8 heteroatoms. The van der Waals surface area contributed by atoms with E-state index >= 15 is 0 Å². The van der Waals surface area contributed by atoms with Crippen LogP contribution in [0.2, 0.25) is 0 Å². The van der Waals surface area contributed by atoms with E-state index in [-0.39, 0.29) is 17.2 Å². The quantitative estimate of drug-likeness (QED) is 0.716. The minimum absolute atomic E-state index is 0.189. The van der Waals surface area contributed by atoms with Gasteiger partial charge in [0.25, 0.3) is 11.5 Å². The molecule has 0 atom stereocenters. The summed E-state index contributed by atoms with van der Waals surface area (Å²) in [6, 6.07) is 6.99. The lowest BCUT2D eigenvalue weighted by Crippen LogP contribution is -2.29. The molecule has 0 aliphatic heterocycles. The Morgan fingerprint density at radius 3 is 2.69 bits per heavy atom. The van der Waals surface area contributed by atoms with Crippen LogP contribution in [0.15, 0.2) is 29.1 Å². The number of pyridine rings is 1. The molecule has 3 rings (SSSR count). The Morgan fingerprint density at radius 2 is 2.04 bits per heavy atom. The van der Waals surface area contributed by atoms with E-state index in [1.165, 1.54) is 15.9 Å². The highest BCUT2D eigenvalue weighted by molar-refractivity contribution is 7.15. The molecule has 2 heterocycles. The summed E-state index contributed by atoms with van der Waals surface area (Å²) in [5.74, 6) is -0.812. The first-order valence-corrected chi connectivity index (χ1v) is 9.25. The van der Waals surface area contributed by atoms with Crippen LogP contribution in [0.5, 0.6) is 5.75 Å². The number of nitrogens with one attached hydrogen (secondary N) is 1. The van der Waals surface area contributed by atoms with E-state index in [0.29, 0.717) is 22.6 Å². The summed E-state index contributed by atoms with van der Waals surface area (Å²) in [4.78, 5) is 25.5. The molecule has 2 N–H and O–H groups in total. The molecule has 1 amide bonds. The highest BCUT2D eigenvalue weighted by atomic mass is 32.1. The topological polar surface area (TPSA) is 97.1 Å². The van der Waals surface area contributed by atoms with Crippen molar-refractivity contribution in [3.8, 4) is 5.75 Å². The average molecular weight is 372 g/mol. The molecular weight excluding hydrogens is 352 g/mol. The Hall–Kier alpha value is -2.74. The number of rotatable bonds is 5. The summed E-state index contributed by atoms with van der Waals surface area (Å²) in [6.45, 7) is 6.36. The molecule has 0 bridgehead atoms. The minimum atomic E-state index is -0.686. The maximum absolute atomic E-state index is 12.8. The van der Waals surface area contributed by atoms with E-state index in [0.717, 1.165) is 11.4 Å². The zero-order valence-corrected chi connectivity index (χ0v) is 15.6. The number of nitrogens with zero attached hydrogens (tertiary/aromatic N) is 3. The lowest BCUT2D eigenvalue weighted by molar-refractivity contribution is 0.102. The third-order valence-electron chi connectivity index (χ3n) is 3.98. The van der Waals surface area contributed by atoms with E-state index in [1.807, 2.05) is 20.8 Å². The van der Waals surface area contributed by atoms with Crippen LogP contribution in [0.1, 0.15) is 48.5 Å². The molecule has 0 aliphatic carbocycles. The van der Waals surface area contributed by atoms with Gasteiger partial charge in [0, 0.05) is 17.8 Å². The number of hydrogen-bond donors (Lipinski definition) is 2. The molecule has 3 aromatic rings. The maximum Gasteiger partial charge on any atom is 0.267 e. The smallest absolute Gasteiger partial charge is 0.267 e. The number of anilines is 1. The van der Waals surface area contributed by atoms with E-state index in [2.05, 4.69) is 15.5 Å². The van der Waals surface area contributed by atoms with Gasteiger partial charge in [0.15, 0.2) is 0 Å². The van der Waals surface area contributed by atoms with Crippen molar-refractivity contribution in [1.82, 2.24) is 14.8 Å². The van der Waals surface area contributed by atoms with Crippen molar-refractivity contribution in [2.75, 3.05) is 5.32 Å². The summed E-state index contributed by atoms with van der Waals surface area (Å²) < 4.78 is 1.52.